The molecule has 0 saturated heterocycles. The summed E-state index contributed by atoms with van der Waals surface area (Å²) in [6.07, 6.45) is 0.658. The van der Waals surface area contributed by atoms with Crippen LogP contribution in [0.2, 0.25) is 10.0 Å². The standard InChI is InChI=1S/C18H17Cl2N3O3S/c1-4-14(10-5-6-11(19)12(20)8-10)23-16(17(24)25-3)15(21-18(23)27)13-7-9(2)26-22-13/h5-8,14H,4H2,1-3H3,(H,21,27). The lowest BCUT2D eigenvalue weighted by molar-refractivity contribution is 0.0587. The smallest absolute Gasteiger partial charge is 0.357 e. The lowest BCUT2D eigenvalue weighted by atomic mass is 10.0. The van der Waals surface area contributed by atoms with Crippen LogP contribution in [-0.2, 0) is 4.74 Å². The van der Waals surface area contributed by atoms with Crippen LogP contribution in [0, 0.1) is 11.7 Å². The Bertz CT molecular complexity index is 1050. The van der Waals surface area contributed by atoms with Gasteiger partial charge in [-0.05, 0) is 43.3 Å². The molecule has 0 saturated carbocycles. The van der Waals surface area contributed by atoms with Crippen molar-refractivity contribution in [3.8, 4) is 11.4 Å². The molecular formula is C18H17Cl2N3O3S. The van der Waals surface area contributed by atoms with E-state index in [1.54, 1.807) is 29.7 Å². The third kappa shape index (κ3) is 3.67. The van der Waals surface area contributed by atoms with Crippen LogP contribution < -0.4 is 0 Å². The molecule has 0 bridgehead atoms. The fraction of sp³-hybridized carbons (Fsp3) is 0.278. The predicted molar refractivity (Wildman–Crippen MR) is 106 cm³/mol. The molecule has 0 radical (unpaired) electrons. The third-order valence-electron chi connectivity index (χ3n) is 4.22. The molecule has 1 unspecified atom stereocenters. The third-order valence-corrected chi connectivity index (χ3v) is 5.26. The van der Waals surface area contributed by atoms with E-state index in [-0.39, 0.29) is 11.7 Å². The molecule has 2 aromatic heterocycles. The van der Waals surface area contributed by atoms with Crippen molar-refractivity contribution in [1.29, 1.82) is 0 Å². The monoisotopic (exact) mass is 425 g/mol. The van der Waals surface area contributed by atoms with Crippen molar-refractivity contribution in [1.82, 2.24) is 14.7 Å². The first kappa shape index (κ1) is 19.7. The van der Waals surface area contributed by atoms with E-state index in [1.165, 1.54) is 7.11 Å². The molecule has 1 N–H and O–H groups in total. The number of carbonyl (C=O) groups excluding carboxylic acids is 1. The zero-order chi connectivity index (χ0) is 19.7. The molecule has 9 heteroatoms. The van der Waals surface area contributed by atoms with Crippen molar-refractivity contribution in [2.75, 3.05) is 7.11 Å². The summed E-state index contributed by atoms with van der Waals surface area (Å²) in [5.74, 6) is 0.0842. The molecule has 0 amide bonds. The van der Waals surface area contributed by atoms with E-state index in [4.69, 9.17) is 44.7 Å². The van der Waals surface area contributed by atoms with Crippen LogP contribution in [0.15, 0.2) is 28.8 Å². The van der Waals surface area contributed by atoms with Gasteiger partial charge in [-0.15, -0.1) is 0 Å². The zero-order valence-corrected chi connectivity index (χ0v) is 17.2. The molecule has 3 aromatic rings. The van der Waals surface area contributed by atoms with E-state index in [0.29, 0.717) is 38.4 Å². The van der Waals surface area contributed by atoms with Gasteiger partial charge in [-0.1, -0.05) is 41.3 Å². The summed E-state index contributed by atoms with van der Waals surface area (Å²) in [4.78, 5) is 15.7. The summed E-state index contributed by atoms with van der Waals surface area (Å²) in [5, 5.41) is 4.88. The van der Waals surface area contributed by atoms with Crippen LogP contribution in [-0.4, -0.2) is 27.8 Å². The lowest BCUT2D eigenvalue weighted by Crippen LogP contribution is -2.18. The minimum absolute atomic E-state index is 0.251. The first-order valence-corrected chi connectivity index (χ1v) is 9.35. The quantitative estimate of drug-likeness (QED) is 0.425. The minimum atomic E-state index is -0.531. The Morgan fingerprint density at radius 1 is 1.37 bits per heavy atom. The Labute approximate surface area is 171 Å². The summed E-state index contributed by atoms with van der Waals surface area (Å²) >= 11 is 17.7. The van der Waals surface area contributed by atoms with Gasteiger partial charge in [0.05, 0.1) is 23.2 Å². The first-order chi connectivity index (χ1) is 12.9. The number of nitrogens with one attached hydrogen (secondary N) is 1. The molecule has 1 aromatic carbocycles. The van der Waals surface area contributed by atoms with Crippen molar-refractivity contribution in [2.45, 2.75) is 26.3 Å². The highest BCUT2D eigenvalue weighted by molar-refractivity contribution is 7.71. The normalized spacial score (nSPS) is 12.2. The SMILES string of the molecule is CCC(c1ccc(Cl)c(Cl)c1)n1c(C(=O)OC)c(-c2cc(C)on2)[nH]c1=S. The van der Waals surface area contributed by atoms with Gasteiger partial charge in [-0.3, -0.25) is 0 Å². The average molecular weight is 426 g/mol. The number of H-pyrrole nitrogens is 1. The van der Waals surface area contributed by atoms with Gasteiger partial charge in [0.2, 0.25) is 0 Å². The van der Waals surface area contributed by atoms with E-state index in [2.05, 4.69) is 10.1 Å². The zero-order valence-electron chi connectivity index (χ0n) is 14.9. The van der Waals surface area contributed by atoms with Gasteiger partial charge < -0.3 is 18.8 Å². The van der Waals surface area contributed by atoms with Crippen LogP contribution in [0.1, 0.15) is 41.2 Å². The number of rotatable bonds is 5. The van der Waals surface area contributed by atoms with E-state index in [0.717, 1.165) is 5.56 Å². The van der Waals surface area contributed by atoms with Gasteiger partial charge in [0.15, 0.2) is 10.5 Å². The number of esters is 1. The summed E-state index contributed by atoms with van der Waals surface area (Å²) in [6, 6.07) is 6.82. The van der Waals surface area contributed by atoms with E-state index in [9.17, 15) is 4.79 Å². The minimum Gasteiger partial charge on any atom is -0.464 e. The van der Waals surface area contributed by atoms with Crippen molar-refractivity contribution < 1.29 is 14.1 Å². The summed E-state index contributed by atoms with van der Waals surface area (Å²) in [7, 11) is 1.32. The van der Waals surface area contributed by atoms with Crippen LogP contribution in [0.3, 0.4) is 0 Å². The highest BCUT2D eigenvalue weighted by Crippen LogP contribution is 2.33. The number of aromatic nitrogens is 3. The molecule has 2 heterocycles. The summed E-state index contributed by atoms with van der Waals surface area (Å²) < 4.78 is 12.2. The molecule has 1 atom stereocenters. The Morgan fingerprint density at radius 3 is 2.67 bits per heavy atom. The van der Waals surface area contributed by atoms with E-state index < -0.39 is 5.97 Å². The molecule has 0 aliphatic heterocycles. The van der Waals surface area contributed by atoms with Gasteiger partial charge in [0.1, 0.15) is 17.1 Å². The van der Waals surface area contributed by atoms with Crippen molar-refractivity contribution in [3.05, 3.63) is 56.1 Å². The molecule has 0 aliphatic carbocycles. The number of hydrogen-bond acceptors (Lipinski definition) is 5. The number of ether oxygens (including phenoxy) is 1. The first-order valence-electron chi connectivity index (χ1n) is 8.18. The fourth-order valence-corrected chi connectivity index (χ4v) is 3.63. The Kier molecular flexibility index (Phi) is 5.74. The number of carbonyl (C=O) groups is 1. The topological polar surface area (TPSA) is 73.1 Å². The lowest BCUT2D eigenvalue weighted by Gasteiger charge is -2.20. The molecule has 0 spiro atoms. The summed E-state index contributed by atoms with van der Waals surface area (Å²) in [6.45, 7) is 3.76. The van der Waals surface area contributed by atoms with Gasteiger partial charge in [-0.25, -0.2) is 4.79 Å². The Balaban J connectivity index is 2.24. The highest BCUT2D eigenvalue weighted by atomic mass is 35.5. The second-order valence-electron chi connectivity index (χ2n) is 5.94. The predicted octanol–water partition coefficient (Wildman–Crippen LogP) is 5.60. The summed E-state index contributed by atoms with van der Waals surface area (Å²) in [5.41, 5.74) is 2.06. The van der Waals surface area contributed by atoms with E-state index in [1.807, 2.05) is 13.0 Å². The second-order valence-corrected chi connectivity index (χ2v) is 7.14. The Morgan fingerprint density at radius 2 is 2.11 bits per heavy atom. The number of imidazole rings is 1. The van der Waals surface area contributed by atoms with Crippen LogP contribution in [0.25, 0.3) is 11.4 Å². The number of halogens is 2. The fourth-order valence-electron chi connectivity index (χ4n) is 3.00. The maximum Gasteiger partial charge on any atom is 0.357 e. The van der Waals surface area contributed by atoms with Gasteiger partial charge in [-0.2, -0.15) is 0 Å². The number of methoxy groups -OCH3 is 1. The largest absolute Gasteiger partial charge is 0.464 e. The van der Waals surface area contributed by atoms with Gasteiger partial charge in [0, 0.05) is 6.07 Å². The highest BCUT2D eigenvalue weighted by Gasteiger charge is 2.28. The van der Waals surface area contributed by atoms with Crippen LogP contribution in [0.4, 0.5) is 0 Å². The second kappa shape index (κ2) is 7.88. The van der Waals surface area contributed by atoms with Crippen LogP contribution >= 0.6 is 35.4 Å². The van der Waals surface area contributed by atoms with Crippen molar-refractivity contribution >= 4 is 41.4 Å². The van der Waals surface area contributed by atoms with Crippen molar-refractivity contribution in [2.24, 2.45) is 0 Å². The molecule has 0 fully saturated rings. The number of hydrogen-bond donors (Lipinski definition) is 1. The Hall–Kier alpha value is -2.09. The number of benzene rings is 1. The van der Waals surface area contributed by atoms with Gasteiger partial charge in [0.25, 0.3) is 0 Å². The number of nitrogens with zero attached hydrogens (tertiary/aromatic N) is 2. The van der Waals surface area contributed by atoms with Gasteiger partial charge >= 0.3 is 5.97 Å². The molecular weight excluding hydrogens is 409 g/mol. The molecule has 0 aliphatic rings. The number of aryl methyl sites for hydroxylation is 1. The van der Waals surface area contributed by atoms with Crippen molar-refractivity contribution in [3.63, 3.8) is 0 Å². The molecule has 142 valence electrons. The molecule has 27 heavy (non-hydrogen) atoms. The number of aromatic amines is 1. The van der Waals surface area contributed by atoms with Crippen LogP contribution in [0.5, 0.6) is 0 Å². The van der Waals surface area contributed by atoms with E-state index >= 15 is 0 Å². The molecule has 6 nitrogen and oxygen atoms in total. The maximum absolute atomic E-state index is 12.6. The molecule has 3 rings (SSSR count). The average Bonchev–Trinajstić information content (AvgIpc) is 3.22. The maximum atomic E-state index is 12.6.